The predicted octanol–water partition coefficient (Wildman–Crippen LogP) is 9.46. The predicted molar refractivity (Wildman–Crippen MR) is 168 cm³/mol. The fourth-order valence-electron chi connectivity index (χ4n) is 4.74. The van der Waals surface area contributed by atoms with Gasteiger partial charge in [0.25, 0.3) is 0 Å². The molecule has 43 heavy (non-hydrogen) atoms. The van der Waals surface area contributed by atoms with E-state index >= 15 is 0 Å². The maximum atomic E-state index is 12.2. The maximum Gasteiger partial charge on any atom is 0.311 e. The molecular weight excluding hydrogens is 536 g/mol. The zero-order valence-corrected chi connectivity index (χ0v) is 24.1. The molecule has 0 unspecified atom stereocenters. The van der Waals surface area contributed by atoms with Crippen LogP contribution in [0.5, 0.6) is 11.5 Å². The third-order valence-corrected chi connectivity index (χ3v) is 7.07. The van der Waals surface area contributed by atoms with Crippen LogP contribution in [0.15, 0.2) is 97.1 Å². The van der Waals surface area contributed by atoms with Crippen LogP contribution in [0.3, 0.4) is 0 Å². The maximum absolute atomic E-state index is 12.2. The van der Waals surface area contributed by atoms with Gasteiger partial charge in [-0.3, -0.25) is 9.59 Å². The Bertz CT molecular complexity index is 1470. The molecule has 0 aliphatic heterocycles. The smallest absolute Gasteiger partial charge is 0.311 e. The van der Waals surface area contributed by atoms with Crippen LogP contribution >= 0.6 is 0 Å². The van der Waals surface area contributed by atoms with E-state index in [0.29, 0.717) is 35.6 Å². The second kappa shape index (κ2) is 16.3. The highest BCUT2D eigenvalue weighted by molar-refractivity contribution is 5.74. The van der Waals surface area contributed by atoms with Crippen molar-refractivity contribution in [1.82, 2.24) is 0 Å². The zero-order chi connectivity index (χ0) is 30.3. The van der Waals surface area contributed by atoms with Gasteiger partial charge in [-0.2, -0.15) is 5.26 Å². The second-order valence-corrected chi connectivity index (χ2v) is 10.3. The van der Waals surface area contributed by atoms with Gasteiger partial charge in [0.15, 0.2) is 5.69 Å². The number of rotatable bonds is 14. The van der Waals surface area contributed by atoms with Crippen LogP contribution in [0.25, 0.3) is 27.1 Å². The lowest BCUT2D eigenvalue weighted by Crippen LogP contribution is -2.07. The van der Waals surface area contributed by atoms with E-state index in [0.717, 1.165) is 67.2 Å². The largest absolute Gasteiger partial charge is 0.427 e. The van der Waals surface area contributed by atoms with Gasteiger partial charge < -0.3 is 9.47 Å². The van der Waals surface area contributed by atoms with Crippen molar-refractivity contribution in [3.63, 3.8) is 0 Å². The van der Waals surface area contributed by atoms with E-state index in [1.165, 1.54) is 0 Å². The summed E-state index contributed by atoms with van der Waals surface area (Å²) in [6, 6.07) is 31.6. The summed E-state index contributed by atoms with van der Waals surface area (Å²) in [4.78, 5) is 27.9. The first-order chi connectivity index (χ1) is 21.0. The number of benzene rings is 4. The van der Waals surface area contributed by atoms with Gasteiger partial charge in [0.1, 0.15) is 11.5 Å². The number of nitrogens with zero attached hydrogens (tertiary/aromatic N) is 2. The molecule has 4 rings (SSSR count). The van der Waals surface area contributed by atoms with Crippen molar-refractivity contribution in [3.05, 3.63) is 114 Å². The molecule has 0 spiro atoms. The quantitative estimate of drug-likeness (QED) is 0.0653. The average molecular weight is 571 g/mol. The summed E-state index contributed by atoms with van der Waals surface area (Å²) < 4.78 is 10.9. The van der Waals surface area contributed by atoms with E-state index < -0.39 is 0 Å². The van der Waals surface area contributed by atoms with E-state index in [-0.39, 0.29) is 11.9 Å². The fourth-order valence-corrected chi connectivity index (χ4v) is 4.74. The Morgan fingerprint density at radius 2 is 1.07 bits per heavy atom. The lowest BCUT2D eigenvalue weighted by Gasteiger charge is -2.07. The highest BCUT2D eigenvalue weighted by Crippen LogP contribution is 2.27. The van der Waals surface area contributed by atoms with Gasteiger partial charge >= 0.3 is 11.9 Å². The molecule has 216 valence electrons. The Labute approximate surface area is 253 Å². The summed E-state index contributed by atoms with van der Waals surface area (Å²) in [6.07, 6.45) is 7.41. The molecule has 6 nitrogen and oxygen atoms in total. The van der Waals surface area contributed by atoms with Gasteiger partial charge in [0.2, 0.25) is 0 Å². The molecule has 0 fully saturated rings. The van der Waals surface area contributed by atoms with Crippen LogP contribution in [0.1, 0.15) is 63.4 Å². The number of carbonyl (C=O) groups is 2. The number of hydrogen-bond acceptors (Lipinski definition) is 5. The summed E-state index contributed by atoms with van der Waals surface area (Å²) in [5.41, 5.74) is 5.02. The summed E-state index contributed by atoms with van der Waals surface area (Å²) in [6.45, 7) is 7.16. The van der Waals surface area contributed by atoms with E-state index in [1.54, 1.807) is 36.4 Å². The minimum Gasteiger partial charge on any atom is -0.427 e. The van der Waals surface area contributed by atoms with Gasteiger partial charge in [-0.15, -0.1) is 0 Å². The Balaban J connectivity index is 1.03. The summed E-state index contributed by atoms with van der Waals surface area (Å²) in [5, 5.41) is 9.08. The SMILES string of the molecule is [C-]#[N+]c1cccc(-c2ccc(OC(=O)CCCCCCCCCC(=O)Oc3ccc(-c4cccc(C#N)c4)cc3)cc2)c1. The first-order valence-corrected chi connectivity index (χ1v) is 14.6. The first-order valence-electron chi connectivity index (χ1n) is 14.6. The van der Waals surface area contributed by atoms with Crippen molar-refractivity contribution in [2.24, 2.45) is 0 Å². The van der Waals surface area contributed by atoms with Crippen LogP contribution < -0.4 is 9.47 Å². The van der Waals surface area contributed by atoms with Gasteiger partial charge in [0.05, 0.1) is 18.2 Å². The Hall–Kier alpha value is -5.20. The monoisotopic (exact) mass is 570 g/mol. The molecule has 6 heteroatoms. The molecule has 0 amide bonds. The summed E-state index contributed by atoms with van der Waals surface area (Å²) in [7, 11) is 0. The van der Waals surface area contributed by atoms with Gasteiger partial charge in [0, 0.05) is 12.8 Å². The molecule has 0 aliphatic carbocycles. The number of carbonyl (C=O) groups excluding carboxylic acids is 2. The molecule has 4 aromatic rings. The Morgan fingerprint density at radius 1 is 0.605 bits per heavy atom. The minimum atomic E-state index is -0.235. The van der Waals surface area contributed by atoms with Crippen molar-refractivity contribution in [2.75, 3.05) is 0 Å². The van der Waals surface area contributed by atoms with E-state index in [2.05, 4.69) is 10.9 Å². The lowest BCUT2D eigenvalue weighted by molar-refractivity contribution is -0.135. The molecule has 0 atom stereocenters. The van der Waals surface area contributed by atoms with Crippen LogP contribution in [-0.2, 0) is 9.59 Å². The Kier molecular flexibility index (Phi) is 11.7. The molecule has 0 N–H and O–H groups in total. The molecular formula is C37H34N2O4. The van der Waals surface area contributed by atoms with Gasteiger partial charge in [-0.1, -0.05) is 86.7 Å². The zero-order valence-electron chi connectivity index (χ0n) is 24.1. The lowest BCUT2D eigenvalue weighted by atomic mass is 10.0. The highest BCUT2D eigenvalue weighted by Gasteiger charge is 2.08. The topological polar surface area (TPSA) is 80.8 Å². The van der Waals surface area contributed by atoms with Crippen LogP contribution in [0.2, 0.25) is 0 Å². The Morgan fingerprint density at radius 3 is 1.56 bits per heavy atom. The van der Waals surface area contributed by atoms with Crippen molar-refractivity contribution >= 4 is 17.6 Å². The van der Waals surface area contributed by atoms with Crippen molar-refractivity contribution in [3.8, 4) is 39.8 Å². The van der Waals surface area contributed by atoms with Crippen molar-refractivity contribution in [2.45, 2.75) is 57.8 Å². The highest BCUT2D eigenvalue weighted by atomic mass is 16.5. The number of esters is 2. The molecule has 0 aromatic heterocycles. The van der Waals surface area contributed by atoms with Gasteiger partial charge in [-0.05, 0) is 77.6 Å². The van der Waals surface area contributed by atoms with Crippen molar-refractivity contribution in [1.29, 1.82) is 5.26 Å². The number of unbranched alkanes of at least 4 members (excludes halogenated alkanes) is 6. The molecule has 0 bridgehead atoms. The van der Waals surface area contributed by atoms with Crippen LogP contribution in [-0.4, -0.2) is 11.9 Å². The number of hydrogen-bond donors (Lipinski definition) is 0. The first kappa shape index (κ1) is 30.8. The second-order valence-electron chi connectivity index (χ2n) is 10.3. The molecule has 0 saturated carbocycles. The average Bonchev–Trinajstić information content (AvgIpc) is 3.04. The molecule has 0 radical (unpaired) electrons. The summed E-state index contributed by atoms with van der Waals surface area (Å²) in [5.74, 6) is 0.572. The van der Waals surface area contributed by atoms with Gasteiger partial charge in [-0.25, -0.2) is 4.85 Å². The summed E-state index contributed by atoms with van der Waals surface area (Å²) >= 11 is 0. The third-order valence-electron chi connectivity index (χ3n) is 7.07. The molecule has 4 aromatic carbocycles. The molecule has 0 saturated heterocycles. The standard InChI is InChI=1S/C37H34N2O4/c1-39-33-14-10-13-32(26-33)30-19-23-35(24-20-30)43-37(41)16-8-6-4-2-3-5-7-15-36(40)42-34-21-17-29(18-22-34)31-12-9-11-28(25-31)27-38/h9-14,17-26H,2-8,15-16H2. The third kappa shape index (κ3) is 9.99. The van der Waals surface area contributed by atoms with Crippen LogP contribution in [0.4, 0.5) is 5.69 Å². The van der Waals surface area contributed by atoms with Crippen LogP contribution in [0, 0.1) is 17.9 Å². The number of ether oxygens (including phenoxy) is 2. The van der Waals surface area contributed by atoms with E-state index in [4.69, 9.17) is 21.3 Å². The fraction of sp³-hybridized carbons (Fsp3) is 0.243. The van der Waals surface area contributed by atoms with Crippen molar-refractivity contribution < 1.29 is 19.1 Å². The number of nitriles is 1. The molecule has 0 aliphatic rings. The minimum absolute atomic E-state index is 0.232. The van der Waals surface area contributed by atoms with E-state index in [9.17, 15) is 9.59 Å². The normalized spacial score (nSPS) is 10.4. The van der Waals surface area contributed by atoms with E-state index in [1.807, 2.05) is 60.7 Å². The molecule has 0 heterocycles.